The molecule has 1 aliphatic rings. The van der Waals surface area contributed by atoms with Crippen molar-refractivity contribution >= 4 is 27.0 Å². The molecule has 140 valence electrons. The number of carbonyl (C=O) groups excluding carboxylic acids is 1. The lowest BCUT2D eigenvalue weighted by Crippen LogP contribution is -2.40. The predicted molar refractivity (Wildman–Crippen MR) is 96.3 cm³/mol. The van der Waals surface area contributed by atoms with Crippen LogP contribution in [0.4, 0.5) is 0 Å². The van der Waals surface area contributed by atoms with Crippen LogP contribution in [0.1, 0.15) is 29.5 Å². The Morgan fingerprint density at radius 1 is 1.27 bits per heavy atom. The van der Waals surface area contributed by atoms with E-state index in [9.17, 15) is 18.0 Å². The Bertz CT molecular complexity index is 1020. The van der Waals surface area contributed by atoms with Crippen molar-refractivity contribution in [3.8, 4) is 0 Å². The van der Waals surface area contributed by atoms with Crippen molar-refractivity contribution in [2.24, 2.45) is 0 Å². The third-order valence-corrected chi connectivity index (χ3v) is 6.01. The van der Waals surface area contributed by atoms with Crippen molar-refractivity contribution in [1.82, 2.24) is 4.31 Å². The third-order valence-electron chi connectivity index (χ3n) is 4.72. The van der Waals surface area contributed by atoms with Crippen molar-refractivity contribution in [3.63, 3.8) is 0 Å². The fourth-order valence-corrected chi connectivity index (χ4v) is 4.33. The monoisotopic (exact) mass is 379 g/mol. The van der Waals surface area contributed by atoms with Gasteiger partial charge in [0.05, 0.1) is 6.26 Å². The van der Waals surface area contributed by atoms with E-state index < -0.39 is 27.7 Å². The maximum absolute atomic E-state index is 12.4. The van der Waals surface area contributed by atoms with Gasteiger partial charge in [-0.25, -0.2) is 13.2 Å². The smallest absolute Gasteiger partial charge is 0.336 e. The lowest BCUT2D eigenvalue weighted by Gasteiger charge is -2.20. The first-order valence-electron chi connectivity index (χ1n) is 8.34. The van der Waals surface area contributed by atoms with Crippen LogP contribution in [-0.2, 0) is 26.2 Å². The Hall–Kier alpha value is -2.19. The van der Waals surface area contributed by atoms with Gasteiger partial charge in [-0.2, -0.15) is 4.31 Å². The zero-order valence-corrected chi connectivity index (χ0v) is 15.8. The summed E-state index contributed by atoms with van der Waals surface area (Å²) in [6.07, 6.45) is 2.13. The molecule has 1 atom stereocenters. The van der Waals surface area contributed by atoms with Crippen LogP contribution in [0.2, 0.25) is 0 Å². The second-order valence-electron chi connectivity index (χ2n) is 6.66. The summed E-state index contributed by atoms with van der Waals surface area (Å²) in [4.78, 5) is 24.2. The predicted octanol–water partition coefficient (Wildman–Crippen LogP) is 1.88. The van der Waals surface area contributed by atoms with Gasteiger partial charge in [0.1, 0.15) is 18.2 Å². The lowest BCUT2D eigenvalue weighted by molar-refractivity contribution is -0.148. The van der Waals surface area contributed by atoms with Crippen LogP contribution in [0.3, 0.4) is 0 Å². The number of esters is 1. The van der Waals surface area contributed by atoms with E-state index in [2.05, 4.69) is 0 Å². The van der Waals surface area contributed by atoms with Gasteiger partial charge in [0.2, 0.25) is 10.0 Å². The summed E-state index contributed by atoms with van der Waals surface area (Å²) in [6, 6.07) is 4.16. The second kappa shape index (κ2) is 6.85. The molecule has 0 unspecified atom stereocenters. The highest BCUT2D eigenvalue weighted by Crippen LogP contribution is 2.24. The minimum absolute atomic E-state index is 0.114. The van der Waals surface area contributed by atoms with Crippen molar-refractivity contribution in [3.05, 3.63) is 45.3 Å². The summed E-state index contributed by atoms with van der Waals surface area (Å²) in [6.45, 7) is 4.06. The molecule has 7 nitrogen and oxygen atoms in total. The number of fused-ring (bicyclic) bond motifs is 1. The van der Waals surface area contributed by atoms with Crippen LogP contribution in [0.25, 0.3) is 11.0 Å². The minimum atomic E-state index is -3.46. The highest BCUT2D eigenvalue weighted by Gasteiger charge is 2.37. The first-order chi connectivity index (χ1) is 12.2. The maximum atomic E-state index is 12.4. The van der Waals surface area contributed by atoms with E-state index in [-0.39, 0.29) is 6.61 Å². The summed E-state index contributed by atoms with van der Waals surface area (Å²) in [7, 11) is -3.46. The van der Waals surface area contributed by atoms with Gasteiger partial charge in [-0.3, -0.25) is 4.79 Å². The van der Waals surface area contributed by atoms with Crippen LogP contribution in [0.5, 0.6) is 0 Å². The SMILES string of the molecule is Cc1cc2oc(=O)cc(COC(=O)[C@@H]3CCCN3S(C)(=O)=O)c2cc1C. The van der Waals surface area contributed by atoms with E-state index in [0.29, 0.717) is 35.9 Å². The van der Waals surface area contributed by atoms with Gasteiger partial charge in [0.25, 0.3) is 0 Å². The van der Waals surface area contributed by atoms with Crippen LogP contribution >= 0.6 is 0 Å². The van der Waals surface area contributed by atoms with E-state index in [1.165, 1.54) is 10.4 Å². The van der Waals surface area contributed by atoms with Crippen LogP contribution in [0, 0.1) is 13.8 Å². The van der Waals surface area contributed by atoms with Gasteiger partial charge in [-0.05, 0) is 49.9 Å². The van der Waals surface area contributed by atoms with Crippen molar-refractivity contribution in [1.29, 1.82) is 0 Å². The summed E-state index contributed by atoms with van der Waals surface area (Å²) >= 11 is 0. The number of aryl methyl sites for hydroxylation is 2. The second-order valence-corrected chi connectivity index (χ2v) is 8.60. The molecule has 26 heavy (non-hydrogen) atoms. The molecule has 2 aromatic rings. The molecule has 0 bridgehead atoms. The number of rotatable bonds is 4. The summed E-state index contributed by atoms with van der Waals surface area (Å²) in [5.41, 5.74) is 2.47. The first-order valence-corrected chi connectivity index (χ1v) is 10.2. The van der Waals surface area contributed by atoms with E-state index in [1.54, 1.807) is 6.07 Å². The molecule has 0 spiro atoms. The van der Waals surface area contributed by atoms with E-state index in [4.69, 9.17) is 9.15 Å². The number of nitrogens with zero attached hydrogens (tertiary/aromatic N) is 1. The Labute approximate surface area is 151 Å². The molecule has 0 N–H and O–H groups in total. The standard InChI is InChI=1S/C18H21NO6S/c1-11-7-14-13(9-17(20)25-16(14)8-12(11)2)10-24-18(21)15-5-4-6-19(15)26(3,22)23/h7-9,15H,4-6,10H2,1-3H3/t15-/m0/s1. The minimum Gasteiger partial charge on any atom is -0.460 e. The molecule has 1 aromatic carbocycles. The molecule has 8 heteroatoms. The van der Waals surface area contributed by atoms with Crippen LogP contribution < -0.4 is 5.63 Å². The van der Waals surface area contributed by atoms with E-state index in [1.807, 2.05) is 19.9 Å². The first kappa shape index (κ1) is 18.6. The maximum Gasteiger partial charge on any atom is 0.336 e. The van der Waals surface area contributed by atoms with Crippen molar-refractivity contribution in [2.45, 2.75) is 39.3 Å². The fourth-order valence-electron chi connectivity index (χ4n) is 3.22. The van der Waals surface area contributed by atoms with Gasteiger partial charge in [0.15, 0.2) is 0 Å². The molecule has 0 radical (unpaired) electrons. The summed E-state index contributed by atoms with van der Waals surface area (Å²) in [5, 5.41) is 0.701. The number of hydrogen-bond donors (Lipinski definition) is 0. The zero-order chi connectivity index (χ0) is 19.1. The lowest BCUT2D eigenvalue weighted by atomic mass is 10.0. The Morgan fingerprint density at radius 3 is 2.65 bits per heavy atom. The highest BCUT2D eigenvalue weighted by atomic mass is 32.2. The molecule has 2 heterocycles. The van der Waals surface area contributed by atoms with Gasteiger partial charge >= 0.3 is 11.6 Å². The normalized spacial score (nSPS) is 18.3. The largest absolute Gasteiger partial charge is 0.460 e. The molecule has 1 aliphatic heterocycles. The number of sulfonamides is 1. The van der Waals surface area contributed by atoms with Gasteiger partial charge < -0.3 is 9.15 Å². The summed E-state index contributed by atoms with van der Waals surface area (Å²) < 4.78 is 35.3. The van der Waals surface area contributed by atoms with Crippen molar-refractivity contribution in [2.75, 3.05) is 12.8 Å². The highest BCUT2D eigenvalue weighted by molar-refractivity contribution is 7.88. The van der Waals surface area contributed by atoms with Crippen LogP contribution in [0.15, 0.2) is 27.4 Å². The van der Waals surface area contributed by atoms with Gasteiger partial charge in [0, 0.05) is 23.6 Å². The average Bonchev–Trinajstić information content (AvgIpc) is 3.04. The Kier molecular flexibility index (Phi) is 4.90. The molecule has 0 saturated carbocycles. The quantitative estimate of drug-likeness (QED) is 0.595. The number of benzene rings is 1. The number of hydrogen-bond acceptors (Lipinski definition) is 6. The molecule has 1 fully saturated rings. The topological polar surface area (TPSA) is 93.9 Å². The average molecular weight is 379 g/mol. The van der Waals surface area contributed by atoms with Gasteiger partial charge in [-0.1, -0.05) is 0 Å². The molecule has 1 aromatic heterocycles. The fraction of sp³-hybridized carbons (Fsp3) is 0.444. The number of ether oxygens (including phenoxy) is 1. The summed E-state index contributed by atoms with van der Waals surface area (Å²) in [5.74, 6) is -0.599. The zero-order valence-electron chi connectivity index (χ0n) is 14.9. The Balaban J connectivity index is 1.85. The van der Waals surface area contributed by atoms with Crippen LogP contribution in [-0.4, -0.2) is 37.5 Å². The molecule has 3 rings (SSSR count). The van der Waals surface area contributed by atoms with E-state index in [0.717, 1.165) is 17.4 Å². The van der Waals surface area contributed by atoms with E-state index >= 15 is 0 Å². The molecule has 0 aliphatic carbocycles. The molecular formula is C18H21NO6S. The molecular weight excluding hydrogens is 358 g/mol. The van der Waals surface area contributed by atoms with Gasteiger partial charge in [-0.15, -0.1) is 0 Å². The van der Waals surface area contributed by atoms with Crippen molar-refractivity contribution < 1.29 is 22.4 Å². The Morgan fingerprint density at radius 2 is 1.96 bits per heavy atom. The third kappa shape index (κ3) is 3.66. The number of carbonyl (C=O) groups is 1. The molecule has 0 amide bonds. The molecule has 1 saturated heterocycles.